The molecule has 5 nitrogen and oxygen atoms in total. The van der Waals surface area contributed by atoms with E-state index in [1.165, 1.54) is 34.5 Å². The Morgan fingerprint density at radius 1 is 1.00 bits per heavy atom. The Bertz CT molecular complexity index is 892. The molecule has 1 amide bonds. The fourth-order valence-electron chi connectivity index (χ4n) is 3.33. The summed E-state index contributed by atoms with van der Waals surface area (Å²) in [6.07, 6.45) is 0.857. The first-order valence-electron chi connectivity index (χ1n) is 8.45. The maximum Gasteiger partial charge on any atom is 0.407 e. The molecular weight excluding hydrogens is 328 g/mol. The van der Waals surface area contributed by atoms with E-state index < -0.39 is 6.09 Å². The Balaban J connectivity index is 1.41. The summed E-state index contributed by atoms with van der Waals surface area (Å²) < 4.78 is 5.46. The van der Waals surface area contributed by atoms with E-state index in [1.807, 2.05) is 24.3 Å². The Kier molecular flexibility index (Phi) is 4.27. The lowest BCUT2D eigenvalue weighted by Crippen LogP contribution is -2.26. The minimum Gasteiger partial charge on any atom is -0.506 e. The van der Waals surface area contributed by atoms with Gasteiger partial charge in [-0.05, 0) is 34.4 Å². The van der Waals surface area contributed by atoms with Gasteiger partial charge in [-0.1, -0.05) is 48.5 Å². The Labute approximate surface area is 151 Å². The molecule has 0 bridgehead atoms. The number of ether oxygens (including phenoxy) is 1. The Hall–Kier alpha value is -3.34. The van der Waals surface area contributed by atoms with Gasteiger partial charge in [-0.2, -0.15) is 0 Å². The first-order chi connectivity index (χ1) is 12.7. The lowest BCUT2D eigenvalue weighted by atomic mass is 9.98. The van der Waals surface area contributed by atoms with Crippen LogP contribution in [0.3, 0.4) is 0 Å². The van der Waals surface area contributed by atoms with E-state index in [1.54, 1.807) is 6.07 Å². The lowest BCUT2D eigenvalue weighted by molar-refractivity contribution is 0.142. The van der Waals surface area contributed by atoms with Crippen LogP contribution in [0.1, 0.15) is 22.7 Å². The van der Waals surface area contributed by atoms with E-state index in [2.05, 4.69) is 34.6 Å². The second-order valence-corrected chi connectivity index (χ2v) is 6.19. The topological polar surface area (TPSA) is 71.5 Å². The second-order valence-electron chi connectivity index (χ2n) is 6.19. The number of hydrogen-bond acceptors (Lipinski definition) is 4. The number of alkyl carbamates (subject to hydrolysis) is 1. The van der Waals surface area contributed by atoms with E-state index in [0.717, 1.165) is 0 Å². The van der Waals surface area contributed by atoms with Crippen molar-refractivity contribution in [3.05, 3.63) is 83.7 Å². The number of benzene rings is 2. The molecule has 0 saturated heterocycles. The van der Waals surface area contributed by atoms with Crippen LogP contribution in [0.25, 0.3) is 11.1 Å². The molecule has 0 saturated carbocycles. The number of amides is 1. The van der Waals surface area contributed by atoms with Gasteiger partial charge in [0.15, 0.2) is 0 Å². The molecule has 130 valence electrons. The van der Waals surface area contributed by atoms with Gasteiger partial charge in [0, 0.05) is 5.92 Å². The number of carbonyl (C=O) groups is 1. The number of rotatable bonds is 4. The number of hydrogen-bond donors (Lipinski definition) is 2. The van der Waals surface area contributed by atoms with Gasteiger partial charge in [0.05, 0.1) is 18.4 Å². The zero-order valence-corrected chi connectivity index (χ0v) is 14.1. The fraction of sp³-hybridized carbons (Fsp3) is 0.143. The van der Waals surface area contributed by atoms with Crippen LogP contribution in [0.15, 0.2) is 66.9 Å². The van der Waals surface area contributed by atoms with E-state index >= 15 is 0 Å². The molecular formula is C21H18N2O3. The molecule has 0 fully saturated rings. The summed E-state index contributed by atoms with van der Waals surface area (Å²) >= 11 is 0. The second kappa shape index (κ2) is 6.88. The van der Waals surface area contributed by atoms with E-state index in [-0.39, 0.29) is 24.8 Å². The quantitative estimate of drug-likeness (QED) is 0.753. The molecule has 1 aromatic heterocycles. The highest BCUT2D eigenvalue weighted by Crippen LogP contribution is 2.44. The van der Waals surface area contributed by atoms with Crippen LogP contribution in [0.5, 0.6) is 5.75 Å². The molecule has 0 radical (unpaired) electrons. The van der Waals surface area contributed by atoms with Gasteiger partial charge >= 0.3 is 6.09 Å². The molecule has 0 aliphatic heterocycles. The minimum atomic E-state index is -0.485. The molecule has 0 spiro atoms. The van der Waals surface area contributed by atoms with Crippen LogP contribution in [-0.4, -0.2) is 22.8 Å². The van der Waals surface area contributed by atoms with Crippen LogP contribution < -0.4 is 5.32 Å². The third-order valence-electron chi connectivity index (χ3n) is 4.57. The van der Waals surface area contributed by atoms with E-state index in [9.17, 15) is 9.90 Å². The molecule has 2 aromatic carbocycles. The third-order valence-corrected chi connectivity index (χ3v) is 4.57. The summed E-state index contributed by atoms with van der Waals surface area (Å²) in [6, 6.07) is 19.6. The summed E-state index contributed by atoms with van der Waals surface area (Å²) in [5.74, 6) is 0.134. The van der Waals surface area contributed by atoms with Crippen molar-refractivity contribution in [2.45, 2.75) is 12.5 Å². The first-order valence-corrected chi connectivity index (χ1v) is 8.45. The number of carbonyl (C=O) groups excluding carboxylic acids is 1. The smallest absolute Gasteiger partial charge is 0.407 e. The summed E-state index contributed by atoms with van der Waals surface area (Å²) in [7, 11) is 0. The summed E-state index contributed by atoms with van der Waals surface area (Å²) in [6.45, 7) is 0.528. The molecule has 0 atom stereocenters. The normalized spacial score (nSPS) is 12.3. The van der Waals surface area contributed by atoms with Crippen LogP contribution in [0.2, 0.25) is 0 Å². The Morgan fingerprint density at radius 3 is 2.27 bits per heavy atom. The van der Waals surface area contributed by atoms with Crippen molar-refractivity contribution >= 4 is 6.09 Å². The fourth-order valence-corrected chi connectivity index (χ4v) is 3.33. The van der Waals surface area contributed by atoms with Gasteiger partial charge in [0.1, 0.15) is 12.4 Å². The highest BCUT2D eigenvalue weighted by molar-refractivity contribution is 5.79. The van der Waals surface area contributed by atoms with Gasteiger partial charge < -0.3 is 15.2 Å². The summed E-state index contributed by atoms with van der Waals surface area (Å²) in [5, 5.41) is 11.9. The molecule has 5 heteroatoms. The average molecular weight is 346 g/mol. The standard InChI is InChI=1S/C21H18N2O3/c24-15-10-9-14(22-12-15)11-23-21(25)26-13-20-18-7-3-1-5-16(18)17-6-2-4-8-19(17)20/h1-10,12,20,24H,11,13H2,(H,23,25). The van der Waals surface area contributed by atoms with Crippen molar-refractivity contribution < 1.29 is 14.6 Å². The Morgan fingerprint density at radius 2 is 1.65 bits per heavy atom. The SMILES string of the molecule is O=C(NCc1ccc(O)cn1)OCC1c2ccccc2-c2ccccc21. The van der Waals surface area contributed by atoms with Crippen LogP contribution in [-0.2, 0) is 11.3 Å². The molecule has 1 aliphatic carbocycles. The predicted molar refractivity (Wildman–Crippen MR) is 97.8 cm³/mol. The van der Waals surface area contributed by atoms with Gasteiger partial charge in [0.25, 0.3) is 0 Å². The average Bonchev–Trinajstić information content (AvgIpc) is 3.00. The molecule has 2 N–H and O–H groups in total. The number of aromatic nitrogens is 1. The number of pyridine rings is 1. The molecule has 1 heterocycles. The van der Waals surface area contributed by atoms with Crippen molar-refractivity contribution in [2.24, 2.45) is 0 Å². The predicted octanol–water partition coefficient (Wildman–Crippen LogP) is 3.83. The summed E-state index contributed by atoms with van der Waals surface area (Å²) in [4.78, 5) is 16.1. The zero-order chi connectivity index (χ0) is 17.9. The maximum atomic E-state index is 12.1. The molecule has 1 aliphatic rings. The third kappa shape index (κ3) is 3.11. The molecule has 4 rings (SSSR count). The van der Waals surface area contributed by atoms with Gasteiger partial charge in [-0.3, -0.25) is 4.98 Å². The van der Waals surface area contributed by atoms with E-state index in [4.69, 9.17) is 4.74 Å². The van der Waals surface area contributed by atoms with Gasteiger partial charge in [-0.25, -0.2) is 4.79 Å². The number of nitrogens with zero attached hydrogens (tertiary/aromatic N) is 1. The monoisotopic (exact) mass is 346 g/mol. The lowest BCUT2D eigenvalue weighted by Gasteiger charge is -2.14. The molecule has 26 heavy (non-hydrogen) atoms. The van der Waals surface area contributed by atoms with Crippen molar-refractivity contribution in [2.75, 3.05) is 6.61 Å². The summed E-state index contributed by atoms with van der Waals surface area (Å²) in [5.41, 5.74) is 5.41. The van der Waals surface area contributed by atoms with Crippen LogP contribution in [0.4, 0.5) is 4.79 Å². The highest BCUT2D eigenvalue weighted by Gasteiger charge is 2.28. The van der Waals surface area contributed by atoms with Crippen LogP contribution >= 0.6 is 0 Å². The van der Waals surface area contributed by atoms with Crippen molar-refractivity contribution in [1.29, 1.82) is 0 Å². The highest BCUT2D eigenvalue weighted by atomic mass is 16.5. The van der Waals surface area contributed by atoms with Crippen molar-refractivity contribution in [3.8, 4) is 16.9 Å². The van der Waals surface area contributed by atoms with Gasteiger partial charge in [0.2, 0.25) is 0 Å². The zero-order valence-electron chi connectivity index (χ0n) is 14.1. The largest absolute Gasteiger partial charge is 0.506 e. The maximum absolute atomic E-state index is 12.1. The van der Waals surface area contributed by atoms with Gasteiger partial charge in [-0.15, -0.1) is 0 Å². The van der Waals surface area contributed by atoms with E-state index in [0.29, 0.717) is 5.69 Å². The van der Waals surface area contributed by atoms with Crippen molar-refractivity contribution in [1.82, 2.24) is 10.3 Å². The molecule has 3 aromatic rings. The molecule has 0 unspecified atom stereocenters. The van der Waals surface area contributed by atoms with Crippen molar-refractivity contribution in [3.63, 3.8) is 0 Å². The number of aromatic hydroxyl groups is 1. The van der Waals surface area contributed by atoms with Crippen LogP contribution in [0, 0.1) is 0 Å². The number of nitrogens with one attached hydrogen (secondary N) is 1. The minimum absolute atomic E-state index is 0.0416. The number of fused-ring (bicyclic) bond motifs is 3. The first kappa shape index (κ1) is 16.1.